The van der Waals surface area contributed by atoms with E-state index in [-0.39, 0.29) is 28.8 Å². The topological polar surface area (TPSA) is 169 Å². The van der Waals surface area contributed by atoms with Crippen molar-refractivity contribution in [3.8, 4) is 18.0 Å². The molecule has 1 unspecified atom stereocenters. The van der Waals surface area contributed by atoms with Crippen LogP contribution in [0, 0.1) is 29.9 Å². The van der Waals surface area contributed by atoms with Crippen molar-refractivity contribution in [2.45, 2.75) is 6.04 Å². The number of aliphatic imine (C=N–C) groups is 1. The zero-order valence-corrected chi connectivity index (χ0v) is 17.2. The molecule has 1 aliphatic heterocycles. The van der Waals surface area contributed by atoms with E-state index in [0.717, 1.165) is 5.56 Å². The molecule has 0 amide bonds. The van der Waals surface area contributed by atoms with E-state index in [1.165, 1.54) is 0 Å². The van der Waals surface area contributed by atoms with Gasteiger partial charge in [-0.15, -0.1) is 0 Å². The number of nitrogen functional groups attached to an aromatic ring is 2. The van der Waals surface area contributed by atoms with Crippen molar-refractivity contribution in [2.75, 3.05) is 16.8 Å². The fourth-order valence-electron chi connectivity index (χ4n) is 2.57. The molecule has 0 radical (unpaired) electrons. The molecule has 1 aliphatic rings. The number of nitrogens with one attached hydrogen (secondary N) is 2. The van der Waals surface area contributed by atoms with Crippen LogP contribution in [0.4, 0.5) is 17.3 Å². The lowest BCUT2D eigenvalue weighted by atomic mass is 9.95. The molecule has 1 aromatic carbocycles. The average Bonchev–Trinajstić information content (AvgIpc) is 2.59. The molecule has 130 valence electrons. The summed E-state index contributed by atoms with van der Waals surface area (Å²) in [7, 11) is 0. The van der Waals surface area contributed by atoms with Crippen LogP contribution in [-0.2, 0) is 0 Å². The lowest BCUT2D eigenvalue weighted by Gasteiger charge is -2.26. The first kappa shape index (κ1) is 18.3. The van der Waals surface area contributed by atoms with E-state index in [0.29, 0.717) is 18.5 Å². The number of guanidine groups is 1. The molecule has 1 aromatic heterocycles. The van der Waals surface area contributed by atoms with Gasteiger partial charge in [-0.3, -0.25) is 5.32 Å². The van der Waals surface area contributed by atoms with Gasteiger partial charge in [0.2, 0.25) is 5.96 Å². The van der Waals surface area contributed by atoms with Gasteiger partial charge in [0.25, 0.3) is 0 Å². The third-order valence-electron chi connectivity index (χ3n) is 3.71. The molecule has 1 atom stereocenters. The number of anilines is 3. The van der Waals surface area contributed by atoms with E-state index in [9.17, 15) is 10.4 Å². The zero-order chi connectivity index (χ0) is 19.0. The highest BCUT2D eigenvalue weighted by Gasteiger charge is 2.30. The van der Waals surface area contributed by atoms with E-state index < -0.39 is 6.04 Å². The first-order valence-electron chi connectivity index (χ1n) is 7.04. The third-order valence-corrected chi connectivity index (χ3v) is 5.36. The number of fused-ring (bicyclic) bond motifs is 1. The van der Waals surface area contributed by atoms with Crippen molar-refractivity contribution in [3.63, 3.8) is 0 Å². The Morgan fingerprint density at radius 1 is 1.23 bits per heavy atom. The molecule has 2 aromatic rings. The second-order valence-electron chi connectivity index (χ2n) is 5.24. The van der Waals surface area contributed by atoms with Gasteiger partial charge in [0.15, 0.2) is 6.19 Å². The summed E-state index contributed by atoms with van der Waals surface area (Å²) in [6.45, 7) is 0. The third kappa shape index (κ3) is 3.04. The minimum absolute atomic E-state index is 0.0110. The number of benzene rings is 1. The molecule has 7 N–H and O–H groups in total. The van der Waals surface area contributed by atoms with Crippen molar-refractivity contribution in [1.29, 1.82) is 10.5 Å². The van der Waals surface area contributed by atoms with Crippen LogP contribution in [0.15, 0.2) is 17.1 Å². The fraction of sp³-hybridized carbons (Fsp3) is 0.0667. The number of phenolic OH excluding ortho intramolecular Hbond substituents is 1. The molecule has 0 saturated heterocycles. The van der Waals surface area contributed by atoms with E-state index in [1.807, 2.05) is 51.3 Å². The summed E-state index contributed by atoms with van der Waals surface area (Å²) < 4.78 is 1.27. The molecule has 3 rings (SSSR count). The number of hydrogen-bond acceptors (Lipinski definition) is 9. The number of halogens is 2. The Morgan fingerprint density at radius 3 is 2.46 bits per heavy atom. The van der Waals surface area contributed by atoms with Gasteiger partial charge in [0.1, 0.15) is 35.1 Å². The normalized spacial score (nSPS) is 15.1. The maximum Gasteiger partial charge on any atom is 0.211 e. The second-order valence-corrected chi connectivity index (χ2v) is 7.56. The Kier molecular flexibility index (Phi) is 4.92. The van der Waals surface area contributed by atoms with Gasteiger partial charge < -0.3 is 21.9 Å². The Bertz CT molecular complexity index is 1010. The summed E-state index contributed by atoms with van der Waals surface area (Å²) >= 11 is 4.03. The molecular weight excluding hydrogens is 562 g/mol. The van der Waals surface area contributed by atoms with Crippen molar-refractivity contribution in [3.05, 3.63) is 36.0 Å². The molecule has 0 aliphatic carbocycles. The average molecular weight is 572 g/mol. The van der Waals surface area contributed by atoms with E-state index >= 15 is 0 Å². The van der Waals surface area contributed by atoms with Gasteiger partial charge in [-0.25, -0.2) is 9.98 Å². The lowest BCUT2D eigenvalue weighted by molar-refractivity contribution is 0.467. The molecule has 0 spiro atoms. The van der Waals surface area contributed by atoms with E-state index in [1.54, 1.807) is 18.3 Å². The minimum Gasteiger partial charge on any atom is -0.506 e. The van der Waals surface area contributed by atoms with E-state index in [2.05, 4.69) is 20.6 Å². The number of aromatic nitrogens is 1. The fourth-order valence-corrected chi connectivity index (χ4v) is 4.38. The molecule has 0 saturated carbocycles. The van der Waals surface area contributed by atoms with Crippen molar-refractivity contribution >= 4 is 68.5 Å². The number of nitrogens with two attached hydrogens (primary N) is 2. The highest BCUT2D eigenvalue weighted by atomic mass is 127. The first-order valence-corrected chi connectivity index (χ1v) is 9.19. The monoisotopic (exact) mass is 572 g/mol. The number of nitrogens with zero attached hydrogens (tertiary/aromatic N) is 4. The SMILES string of the molecule is N#CNC1=NC(c2cc(I)c(O)c(I)c2)c2c(nc(N)c(C#N)c2N)N1. The highest BCUT2D eigenvalue weighted by molar-refractivity contribution is 14.1. The smallest absolute Gasteiger partial charge is 0.211 e. The molecule has 0 fully saturated rings. The Hall–Kier alpha value is -2.52. The minimum atomic E-state index is -0.634. The van der Waals surface area contributed by atoms with Gasteiger partial charge in [-0.05, 0) is 62.9 Å². The summed E-state index contributed by atoms with van der Waals surface area (Å²) in [6, 6.07) is 4.83. The molecular formula is C15H10I2N8O. The Labute approximate surface area is 175 Å². The number of nitriles is 2. The van der Waals surface area contributed by atoms with Crippen molar-refractivity contribution < 1.29 is 5.11 Å². The molecule has 0 bridgehead atoms. The number of aromatic hydroxyl groups is 1. The van der Waals surface area contributed by atoms with Crippen LogP contribution < -0.4 is 22.1 Å². The van der Waals surface area contributed by atoms with Gasteiger partial charge in [0.05, 0.1) is 12.8 Å². The predicted octanol–water partition coefficient (Wildman–Crippen LogP) is 1.97. The predicted molar refractivity (Wildman–Crippen MR) is 113 cm³/mol. The second kappa shape index (κ2) is 7.00. The summed E-state index contributed by atoms with van der Waals surface area (Å²) in [5, 5.41) is 33.5. The van der Waals surface area contributed by atoms with Crippen molar-refractivity contribution in [2.24, 2.45) is 4.99 Å². The summed E-state index contributed by atoms with van der Waals surface area (Å²) in [4.78, 5) is 8.67. The lowest BCUT2D eigenvalue weighted by Crippen LogP contribution is -2.32. The van der Waals surface area contributed by atoms with Crippen LogP contribution in [0.25, 0.3) is 0 Å². The number of hydrogen-bond donors (Lipinski definition) is 5. The first-order chi connectivity index (χ1) is 12.4. The molecule has 11 heteroatoms. The largest absolute Gasteiger partial charge is 0.506 e. The van der Waals surface area contributed by atoms with Gasteiger partial charge in [-0.2, -0.15) is 10.5 Å². The summed E-state index contributed by atoms with van der Waals surface area (Å²) in [5.41, 5.74) is 13.4. The molecule has 9 nitrogen and oxygen atoms in total. The summed E-state index contributed by atoms with van der Waals surface area (Å²) in [6.07, 6.45) is 1.80. The van der Waals surface area contributed by atoms with Gasteiger partial charge >= 0.3 is 0 Å². The van der Waals surface area contributed by atoms with Crippen LogP contribution in [-0.4, -0.2) is 16.1 Å². The quantitative estimate of drug-likeness (QED) is 0.196. The van der Waals surface area contributed by atoms with E-state index in [4.69, 9.17) is 16.7 Å². The number of pyridine rings is 1. The Morgan fingerprint density at radius 2 is 1.88 bits per heavy atom. The number of rotatable bonds is 1. The van der Waals surface area contributed by atoms with Crippen LogP contribution in [0.5, 0.6) is 5.75 Å². The van der Waals surface area contributed by atoms with Crippen molar-refractivity contribution in [1.82, 2.24) is 10.3 Å². The van der Waals surface area contributed by atoms with Crippen LogP contribution >= 0.6 is 45.2 Å². The van der Waals surface area contributed by atoms with Crippen LogP contribution in [0.3, 0.4) is 0 Å². The molecule has 26 heavy (non-hydrogen) atoms. The van der Waals surface area contributed by atoms with Gasteiger partial charge in [0, 0.05) is 5.56 Å². The maximum atomic E-state index is 10.0. The Balaban J connectivity index is 2.28. The zero-order valence-electron chi connectivity index (χ0n) is 12.9. The van der Waals surface area contributed by atoms with Crippen LogP contribution in [0.2, 0.25) is 0 Å². The molecule has 2 heterocycles. The summed E-state index contributed by atoms with van der Waals surface area (Å²) in [5.74, 6) is 0.654. The standard InChI is InChI=1S/C15H10I2N8O/c16-7-1-5(2-8(17)12(7)26)11-9-10(20)6(3-18)13(21)24-14(9)25-15(23-11)22-4-19/h1-2,11,26H,(H6,20,21,22,23,24,25). The van der Waals surface area contributed by atoms with Crippen LogP contribution in [0.1, 0.15) is 22.7 Å². The highest BCUT2D eigenvalue weighted by Crippen LogP contribution is 2.42. The van der Waals surface area contributed by atoms with Gasteiger partial charge in [-0.1, -0.05) is 0 Å². The number of phenols is 1. The maximum absolute atomic E-state index is 10.0.